The van der Waals surface area contributed by atoms with E-state index in [1.165, 1.54) is 32.1 Å². The number of pyridine rings is 1. The zero-order valence-corrected chi connectivity index (χ0v) is 15.2. The minimum atomic E-state index is 0.530. The maximum atomic E-state index is 5.45. The van der Waals surface area contributed by atoms with Crippen molar-refractivity contribution < 1.29 is 4.74 Å². The summed E-state index contributed by atoms with van der Waals surface area (Å²) in [6.45, 7) is 0. The molecule has 1 aromatic carbocycles. The Balaban J connectivity index is 1.69. The van der Waals surface area contributed by atoms with E-state index in [1.807, 2.05) is 30.3 Å². The molecule has 4 nitrogen and oxygen atoms in total. The van der Waals surface area contributed by atoms with Crippen molar-refractivity contribution in [3.63, 3.8) is 0 Å². The molecule has 26 heavy (non-hydrogen) atoms. The van der Waals surface area contributed by atoms with Gasteiger partial charge in [-0.2, -0.15) is 0 Å². The molecule has 134 valence electrons. The molecule has 2 heterocycles. The van der Waals surface area contributed by atoms with Crippen LogP contribution in [0, 0.1) is 0 Å². The summed E-state index contributed by atoms with van der Waals surface area (Å²) >= 11 is 0. The lowest BCUT2D eigenvalue weighted by molar-refractivity contribution is 0.414. The predicted octanol–water partition coefficient (Wildman–Crippen LogP) is 5.26. The molecule has 2 aromatic heterocycles. The summed E-state index contributed by atoms with van der Waals surface area (Å²) in [6.07, 6.45) is 12.7. The first-order valence-corrected chi connectivity index (χ1v) is 9.40. The van der Waals surface area contributed by atoms with Gasteiger partial charge in [0.15, 0.2) is 0 Å². The van der Waals surface area contributed by atoms with Crippen molar-refractivity contribution in [2.75, 3.05) is 12.4 Å². The SMILES string of the molecule is COc1ccccc1/C=C/c1nc2ccccn2c1NC1CCCCC1. The van der Waals surface area contributed by atoms with Gasteiger partial charge >= 0.3 is 0 Å². The first-order chi connectivity index (χ1) is 12.8. The number of ether oxygens (including phenoxy) is 1. The number of hydrogen-bond acceptors (Lipinski definition) is 3. The zero-order valence-electron chi connectivity index (χ0n) is 15.2. The highest BCUT2D eigenvalue weighted by molar-refractivity contribution is 5.77. The van der Waals surface area contributed by atoms with Gasteiger partial charge in [-0.15, -0.1) is 0 Å². The van der Waals surface area contributed by atoms with Crippen molar-refractivity contribution in [3.05, 3.63) is 59.9 Å². The van der Waals surface area contributed by atoms with Gasteiger partial charge in [0.05, 0.1) is 7.11 Å². The second-order valence-electron chi connectivity index (χ2n) is 6.83. The minimum Gasteiger partial charge on any atom is -0.496 e. The van der Waals surface area contributed by atoms with Crippen molar-refractivity contribution in [1.29, 1.82) is 0 Å². The third-order valence-electron chi connectivity index (χ3n) is 5.06. The maximum absolute atomic E-state index is 5.45. The summed E-state index contributed by atoms with van der Waals surface area (Å²) in [7, 11) is 1.70. The number of fused-ring (bicyclic) bond motifs is 1. The Hall–Kier alpha value is -2.75. The van der Waals surface area contributed by atoms with Crippen LogP contribution in [0.3, 0.4) is 0 Å². The molecule has 1 N–H and O–H groups in total. The molecule has 0 atom stereocenters. The number of anilines is 1. The quantitative estimate of drug-likeness (QED) is 0.684. The topological polar surface area (TPSA) is 38.6 Å². The van der Waals surface area contributed by atoms with Crippen LogP contribution in [0.1, 0.15) is 43.4 Å². The van der Waals surface area contributed by atoms with E-state index in [4.69, 9.17) is 9.72 Å². The molecule has 0 saturated heterocycles. The largest absolute Gasteiger partial charge is 0.496 e. The smallest absolute Gasteiger partial charge is 0.139 e. The Bertz CT molecular complexity index is 907. The summed E-state index contributed by atoms with van der Waals surface area (Å²) in [6, 6.07) is 14.7. The molecule has 0 spiro atoms. The van der Waals surface area contributed by atoms with Crippen LogP contribution in [0.2, 0.25) is 0 Å². The Morgan fingerprint density at radius 3 is 2.69 bits per heavy atom. The molecule has 0 unspecified atom stereocenters. The molecule has 4 heteroatoms. The predicted molar refractivity (Wildman–Crippen MR) is 108 cm³/mol. The minimum absolute atomic E-state index is 0.530. The van der Waals surface area contributed by atoms with Gasteiger partial charge in [0.1, 0.15) is 22.9 Å². The molecular formula is C22H25N3O. The van der Waals surface area contributed by atoms with Gasteiger partial charge in [0.2, 0.25) is 0 Å². The summed E-state index contributed by atoms with van der Waals surface area (Å²) in [5.41, 5.74) is 2.98. The van der Waals surface area contributed by atoms with Gasteiger partial charge in [-0.25, -0.2) is 4.98 Å². The van der Waals surface area contributed by atoms with Crippen LogP contribution in [-0.2, 0) is 0 Å². The molecule has 0 radical (unpaired) electrons. The van der Waals surface area contributed by atoms with Crippen LogP contribution in [-0.4, -0.2) is 22.5 Å². The Morgan fingerprint density at radius 1 is 1.04 bits per heavy atom. The molecule has 1 fully saturated rings. The van der Waals surface area contributed by atoms with Crippen molar-refractivity contribution in [2.24, 2.45) is 0 Å². The zero-order chi connectivity index (χ0) is 17.8. The molecule has 0 amide bonds. The van der Waals surface area contributed by atoms with E-state index >= 15 is 0 Å². The molecule has 1 aliphatic carbocycles. The van der Waals surface area contributed by atoms with Gasteiger partial charge < -0.3 is 10.1 Å². The molecule has 3 aromatic rings. The van der Waals surface area contributed by atoms with Gasteiger partial charge in [-0.05, 0) is 43.2 Å². The summed E-state index contributed by atoms with van der Waals surface area (Å²) < 4.78 is 7.60. The van der Waals surface area contributed by atoms with E-state index < -0.39 is 0 Å². The van der Waals surface area contributed by atoms with Crippen molar-refractivity contribution in [3.8, 4) is 5.75 Å². The van der Waals surface area contributed by atoms with E-state index in [-0.39, 0.29) is 0 Å². The second kappa shape index (κ2) is 7.65. The molecule has 1 saturated carbocycles. The maximum Gasteiger partial charge on any atom is 0.139 e. The molecule has 4 rings (SSSR count). The lowest BCUT2D eigenvalue weighted by Gasteiger charge is -2.23. The number of aromatic nitrogens is 2. The van der Waals surface area contributed by atoms with E-state index in [1.54, 1.807) is 7.11 Å². The summed E-state index contributed by atoms with van der Waals surface area (Å²) in [5, 5.41) is 3.76. The summed E-state index contributed by atoms with van der Waals surface area (Å²) in [5.74, 6) is 1.95. The first kappa shape index (κ1) is 16.7. The monoisotopic (exact) mass is 347 g/mol. The number of nitrogens with one attached hydrogen (secondary N) is 1. The average Bonchev–Trinajstić information content (AvgIpc) is 3.05. The fraction of sp³-hybridized carbons (Fsp3) is 0.318. The molecular weight excluding hydrogens is 322 g/mol. The molecule has 0 bridgehead atoms. The van der Waals surface area contributed by atoms with E-state index in [9.17, 15) is 0 Å². The van der Waals surface area contributed by atoms with Crippen LogP contribution in [0.15, 0.2) is 48.7 Å². The van der Waals surface area contributed by atoms with Crippen LogP contribution in [0.4, 0.5) is 5.82 Å². The second-order valence-corrected chi connectivity index (χ2v) is 6.83. The van der Waals surface area contributed by atoms with Crippen molar-refractivity contribution in [1.82, 2.24) is 9.38 Å². The fourth-order valence-corrected chi connectivity index (χ4v) is 3.69. The number of nitrogens with zero attached hydrogens (tertiary/aromatic N) is 2. The standard InChI is InChI=1S/C22H25N3O/c1-26-20-12-6-5-9-17(20)14-15-19-22(23-18-10-3-2-4-11-18)25-16-8-7-13-21(25)24-19/h5-9,12-16,18,23H,2-4,10-11H2,1H3/b15-14+. The van der Waals surface area contributed by atoms with Gasteiger partial charge in [-0.3, -0.25) is 4.40 Å². The molecule has 0 aliphatic heterocycles. The lowest BCUT2D eigenvalue weighted by Crippen LogP contribution is -2.23. The third kappa shape index (κ3) is 3.45. The highest BCUT2D eigenvalue weighted by Crippen LogP contribution is 2.27. The number of imidazole rings is 1. The number of hydrogen-bond donors (Lipinski definition) is 1. The van der Waals surface area contributed by atoms with Gasteiger partial charge in [0, 0.05) is 17.8 Å². The van der Waals surface area contributed by atoms with Crippen molar-refractivity contribution >= 4 is 23.6 Å². The highest BCUT2D eigenvalue weighted by atomic mass is 16.5. The van der Waals surface area contributed by atoms with E-state index in [0.29, 0.717) is 6.04 Å². The van der Waals surface area contributed by atoms with Crippen molar-refractivity contribution in [2.45, 2.75) is 38.1 Å². The summed E-state index contributed by atoms with van der Waals surface area (Å²) in [4.78, 5) is 4.82. The first-order valence-electron chi connectivity index (χ1n) is 9.40. The number of para-hydroxylation sites is 1. The number of rotatable bonds is 5. The Kier molecular flexibility index (Phi) is 4.91. The Labute approximate surface area is 154 Å². The lowest BCUT2D eigenvalue weighted by atomic mass is 9.95. The fourth-order valence-electron chi connectivity index (χ4n) is 3.69. The number of benzene rings is 1. The van der Waals surface area contributed by atoms with Gasteiger partial charge in [-0.1, -0.05) is 43.5 Å². The number of methoxy groups -OCH3 is 1. The molecule has 1 aliphatic rings. The Morgan fingerprint density at radius 2 is 1.85 bits per heavy atom. The van der Waals surface area contributed by atoms with Crippen LogP contribution in [0.5, 0.6) is 5.75 Å². The normalized spacial score (nSPS) is 15.6. The van der Waals surface area contributed by atoms with Crippen LogP contribution < -0.4 is 10.1 Å². The van der Waals surface area contributed by atoms with Gasteiger partial charge in [0.25, 0.3) is 0 Å². The van der Waals surface area contributed by atoms with Crippen LogP contribution in [0.25, 0.3) is 17.8 Å². The average molecular weight is 347 g/mol. The van der Waals surface area contributed by atoms with E-state index in [2.05, 4.69) is 40.2 Å². The van der Waals surface area contributed by atoms with Crippen LogP contribution >= 0.6 is 0 Å². The highest BCUT2D eigenvalue weighted by Gasteiger charge is 2.17. The third-order valence-corrected chi connectivity index (χ3v) is 5.06. The van der Waals surface area contributed by atoms with E-state index in [0.717, 1.165) is 28.5 Å².